The van der Waals surface area contributed by atoms with Gasteiger partial charge in [-0.15, -0.1) is 5.10 Å². The van der Waals surface area contributed by atoms with Crippen molar-refractivity contribution in [2.24, 2.45) is 0 Å². The number of ether oxygens (including phenoxy) is 2. The summed E-state index contributed by atoms with van der Waals surface area (Å²) in [7, 11) is 1.57. The molecule has 0 saturated heterocycles. The Morgan fingerprint density at radius 2 is 1.51 bits per heavy atom. The minimum absolute atomic E-state index is 0.0691. The molecule has 0 spiro atoms. The molecule has 5 rings (SSSR count). The van der Waals surface area contributed by atoms with Gasteiger partial charge in [-0.05, 0) is 78.4 Å². The van der Waals surface area contributed by atoms with E-state index < -0.39 is 11.8 Å². The number of benzene rings is 4. The summed E-state index contributed by atoms with van der Waals surface area (Å²) in [5, 5.41) is 9.98. The number of halogens is 2. The largest absolute Gasteiger partial charge is 0.497 e. The number of carbonyl (C=O) groups excluding carboxylic acids is 1. The molecule has 0 unspecified atom stereocenters. The lowest BCUT2D eigenvalue weighted by Gasteiger charge is -2.10. The number of rotatable bonds is 8. The van der Waals surface area contributed by atoms with E-state index in [1.807, 2.05) is 0 Å². The summed E-state index contributed by atoms with van der Waals surface area (Å²) in [4.78, 5) is 16.9. The maximum atomic E-state index is 14.0. The summed E-state index contributed by atoms with van der Waals surface area (Å²) < 4.78 is 39.6. The third kappa shape index (κ3) is 6.37. The van der Waals surface area contributed by atoms with Gasteiger partial charge in [-0.3, -0.25) is 0 Å². The Bertz CT molecular complexity index is 1570. The SMILES string of the molecule is COc1ccc(NC(=O)Nc2ccc(-n3nc(OCc4ccc(F)cc4)nc3-c3cccc(F)c3)cc2)cc1. The lowest BCUT2D eigenvalue weighted by atomic mass is 10.2. The Kier molecular flexibility index (Phi) is 7.44. The normalized spacial score (nSPS) is 10.6. The number of carbonyl (C=O) groups is 1. The smallest absolute Gasteiger partial charge is 0.336 e. The number of aromatic nitrogens is 3. The Labute approximate surface area is 222 Å². The Morgan fingerprint density at radius 1 is 0.846 bits per heavy atom. The number of amides is 2. The van der Waals surface area contributed by atoms with E-state index in [1.54, 1.807) is 79.9 Å². The second-order valence-corrected chi connectivity index (χ2v) is 8.41. The fourth-order valence-corrected chi connectivity index (χ4v) is 3.73. The predicted octanol–water partition coefficient (Wildman–Crippen LogP) is 6.44. The Balaban J connectivity index is 1.34. The van der Waals surface area contributed by atoms with Gasteiger partial charge in [-0.25, -0.2) is 18.3 Å². The van der Waals surface area contributed by atoms with Gasteiger partial charge in [0.15, 0.2) is 5.82 Å². The minimum atomic E-state index is -0.418. The summed E-state index contributed by atoms with van der Waals surface area (Å²) in [6.07, 6.45) is 0. The molecular formula is C29H23F2N5O3. The third-order valence-corrected chi connectivity index (χ3v) is 5.67. The zero-order chi connectivity index (χ0) is 27.2. The van der Waals surface area contributed by atoms with Gasteiger partial charge in [0.1, 0.15) is 24.0 Å². The average molecular weight is 528 g/mol. The van der Waals surface area contributed by atoms with E-state index in [1.165, 1.54) is 28.9 Å². The summed E-state index contributed by atoms with van der Waals surface area (Å²) in [5.74, 6) is 0.289. The van der Waals surface area contributed by atoms with Crippen molar-refractivity contribution in [2.75, 3.05) is 17.7 Å². The van der Waals surface area contributed by atoms with Crippen LogP contribution in [0.5, 0.6) is 11.8 Å². The third-order valence-electron chi connectivity index (χ3n) is 5.67. The number of hydrogen-bond acceptors (Lipinski definition) is 5. The van der Waals surface area contributed by atoms with Crippen molar-refractivity contribution in [1.29, 1.82) is 0 Å². The highest BCUT2D eigenvalue weighted by atomic mass is 19.1. The first-order valence-electron chi connectivity index (χ1n) is 11.9. The number of urea groups is 1. The molecule has 0 atom stereocenters. The highest BCUT2D eigenvalue weighted by Crippen LogP contribution is 2.25. The molecule has 0 bridgehead atoms. The van der Waals surface area contributed by atoms with Crippen LogP contribution in [0, 0.1) is 11.6 Å². The fraction of sp³-hybridized carbons (Fsp3) is 0.0690. The maximum absolute atomic E-state index is 14.0. The lowest BCUT2D eigenvalue weighted by Crippen LogP contribution is -2.19. The molecule has 2 amide bonds. The van der Waals surface area contributed by atoms with Gasteiger partial charge in [-0.1, -0.05) is 24.3 Å². The molecule has 39 heavy (non-hydrogen) atoms. The maximum Gasteiger partial charge on any atom is 0.336 e. The van der Waals surface area contributed by atoms with Crippen LogP contribution in [-0.2, 0) is 6.61 Å². The first kappa shape index (κ1) is 25.4. The molecule has 8 nitrogen and oxygen atoms in total. The summed E-state index contributed by atoms with van der Waals surface area (Å²) in [6, 6.07) is 25.4. The molecule has 1 heterocycles. The molecule has 0 radical (unpaired) electrons. The van der Waals surface area contributed by atoms with Crippen molar-refractivity contribution >= 4 is 17.4 Å². The first-order valence-corrected chi connectivity index (χ1v) is 11.9. The van der Waals surface area contributed by atoms with Crippen LogP contribution in [0.4, 0.5) is 25.0 Å². The van der Waals surface area contributed by atoms with Crippen molar-refractivity contribution in [3.63, 3.8) is 0 Å². The van der Waals surface area contributed by atoms with Crippen molar-refractivity contribution in [2.45, 2.75) is 6.61 Å². The standard InChI is InChI=1S/C29H23F2N5O3/c1-38-26-15-11-24(12-16-26)33-28(37)32-23-9-13-25(14-10-23)36-27(20-3-2-4-22(31)17-20)34-29(35-36)39-18-19-5-7-21(30)8-6-19/h2-17H,18H2,1H3,(H2,32,33,37). The van der Waals surface area contributed by atoms with Crippen LogP contribution in [0.3, 0.4) is 0 Å². The molecule has 4 aromatic carbocycles. The minimum Gasteiger partial charge on any atom is -0.497 e. The highest BCUT2D eigenvalue weighted by Gasteiger charge is 2.16. The van der Waals surface area contributed by atoms with Gasteiger partial charge in [0.05, 0.1) is 12.8 Å². The van der Waals surface area contributed by atoms with Crippen LogP contribution in [-0.4, -0.2) is 27.9 Å². The molecule has 10 heteroatoms. The summed E-state index contributed by atoms with van der Waals surface area (Å²) >= 11 is 0. The molecule has 0 aliphatic rings. The topological polar surface area (TPSA) is 90.3 Å². The molecule has 196 valence electrons. The molecule has 2 N–H and O–H groups in total. The summed E-state index contributed by atoms with van der Waals surface area (Å²) in [5.41, 5.74) is 3.01. The number of anilines is 2. The van der Waals surface area contributed by atoms with E-state index in [2.05, 4.69) is 20.7 Å². The van der Waals surface area contributed by atoms with Crippen LogP contribution in [0.15, 0.2) is 97.1 Å². The molecule has 0 aliphatic heterocycles. The van der Waals surface area contributed by atoms with E-state index in [-0.39, 0.29) is 18.4 Å². The molecular weight excluding hydrogens is 504 g/mol. The van der Waals surface area contributed by atoms with Crippen LogP contribution < -0.4 is 20.1 Å². The quantitative estimate of drug-likeness (QED) is 0.242. The lowest BCUT2D eigenvalue weighted by molar-refractivity contribution is 0.262. The van der Waals surface area contributed by atoms with Crippen LogP contribution in [0.2, 0.25) is 0 Å². The Hall–Kier alpha value is -5.25. The predicted molar refractivity (Wildman–Crippen MR) is 143 cm³/mol. The zero-order valence-corrected chi connectivity index (χ0v) is 20.8. The van der Waals surface area contributed by atoms with Crippen molar-refractivity contribution in [3.05, 3.63) is 114 Å². The van der Waals surface area contributed by atoms with Gasteiger partial charge < -0.3 is 20.1 Å². The highest BCUT2D eigenvalue weighted by molar-refractivity contribution is 5.99. The van der Waals surface area contributed by atoms with Crippen LogP contribution in [0.25, 0.3) is 17.1 Å². The number of nitrogens with zero attached hydrogens (tertiary/aromatic N) is 3. The second-order valence-electron chi connectivity index (χ2n) is 8.41. The van der Waals surface area contributed by atoms with Gasteiger partial charge in [0.2, 0.25) is 0 Å². The number of hydrogen-bond donors (Lipinski definition) is 2. The molecule has 0 aliphatic carbocycles. The summed E-state index contributed by atoms with van der Waals surface area (Å²) in [6.45, 7) is 0.124. The monoisotopic (exact) mass is 527 g/mol. The molecule has 1 aromatic heterocycles. The van der Waals surface area contributed by atoms with E-state index >= 15 is 0 Å². The van der Waals surface area contributed by atoms with Crippen LogP contribution >= 0.6 is 0 Å². The van der Waals surface area contributed by atoms with Crippen molar-refractivity contribution in [3.8, 4) is 28.8 Å². The van der Waals surface area contributed by atoms with Gasteiger partial charge in [0, 0.05) is 16.9 Å². The second kappa shape index (κ2) is 11.4. The molecule has 5 aromatic rings. The van der Waals surface area contributed by atoms with Crippen molar-refractivity contribution in [1.82, 2.24) is 14.8 Å². The van der Waals surface area contributed by atoms with E-state index in [0.29, 0.717) is 34.2 Å². The van der Waals surface area contributed by atoms with E-state index in [9.17, 15) is 13.6 Å². The Morgan fingerprint density at radius 3 is 2.15 bits per heavy atom. The first-order chi connectivity index (χ1) is 19.0. The molecule has 0 fully saturated rings. The number of nitrogens with one attached hydrogen (secondary N) is 2. The van der Waals surface area contributed by atoms with E-state index in [0.717, 1.165) is 5.56 Å². The van der Waals surface area contributed by atoms with Gasteiger partial charge in [-0.2, -0.15) is 4.98 Å². The van der Waals surface area contributed by atoms with E-state index in [4.69, 9.17) is 9.47 Å². The number of methoxy groups -OCH3 is 1. The fourth-order valence-electron chi connectivity index (χ4n) is 3.73. The molecule has 0 saturated carbocycles. The van der Waals surface area contributed by atoms with Gasteiger partial charge in [0.25, 0.3) is 0 Å². The van der Waals surface area contributed by atoms with Crippen LogP contribution in [0.1, 0.15) is 5.56 Å². The average Bonchev–Trinajstić information content (AvgIpc) is 3.38. The van der Waals surface area contributed by atoms with Gasteiger partial charge >= 0.3 is 12.0 Å². The van der Waals surface area contributed by atoms with Crippen molar-refractivity contribution < 1.29 is 23.0 Å². The zero-order valence-electron chi connectivity index (χ0n) is 20.8.